The van der Waals surface area contributed by atoms with Crippen molar-refractivity contribution in [3.8, 4) is 5.75 Å². The van der Waals surface area contributed by atoms with Crippen molar-refractivity contribution in [2.45, 2.75) is 6.92 Å². The number of halogens is 1. The summed E-state index contributed by atoms with van der Waals surface area (Å²) in [5.74, 6) is 0.478. The number of carbonyl (C=O) groups is 1. The fourth-order valence-electron chi connectivity index (χ4n) is 1.70. The molecule has 104 valence electrons. The van der Waals surface area contributed by atoms with E-state index in [-0.39, 0.29) is 5.91 Å². The van der Waals surface area contributed by atoms with E-state index in [0.29, 0.717) is 28.6 Å². The second-order valence-electron chi connectivity index (χ2n) is 4.15. The number of nitrogen functional groups attached to an aromatic ring is 1. The lowest BCUT2D eigenvalue weighted by Crippen LogP contribution is -2.12. The van der Waals surface area contributed by atoms with E-state index in [1.165, 1.54) is 0 Å². The van der Waals surface area contributed by atoms with Crippen molar-refractivity contribution in [3.05, 3.63) is 53.1 Å². The van der Waals surface area contributed by atoms with Gasteiger partial charge in [0.1, 0.15) is 5.75 Å². The molecule has 2 aromatic rings. The molecule has 0 fully saturated rings. The largest absolute Gasteiger partial charge is 0.494 e. The molecule has 0 radical (unpaired) electrons. The van der Waals surface area contributed by atoms with Gasteiger partial charge >= 0.3 is 0 Å². The Morgan fingerprint density at radius 1 is 1.25 bits per heavy atom. The number of carbonyl (C=O) groups excluding carboxylic acids is 1. The molecule has 2 rings (SSSR count). The Bertz CT molecular complexity index is 612. The first-order valence-electron chi connectivity index (χ1n) is 6.19. The van der Waals surface area contributed by atoms with Gasteiger partial charge in [-0.1, -0.05) is 11.6 Å². The molecule has 0 aliphatic rings. The van der Waals surface area contributed by atoms with Crippen LogP contribution in [0.5, 0.6) is 5.75 Å². The van der Waals surface area contributed by atoms with E-state index in [1.807, 2.05) is 6.92 Å². The molecule has 3 N–H and O–H groups in total. The number of ether oxygens (including phenoxy) is 1. The third kappa shape index (κ3) is 3.42. The summed E-state index contributed by atoms with van der Waals surface area (Å²) in [4.78, 5) is 12.1. The first-order valence-corrected chi connectivity index (χ1v) is 6.57. The molecule has 0 heterocycles. The van der Waals surface area contributed by atoms with Gasteiger partial charge in [0.05, 0.1) is 17.3 Å². The fourth-order valence-corrected chi connectivity index (χ4v) is 1.87. The van der Waals surface area contributed by atoms with Crippen molar-refractivity contribution in [1.29, 1.82) is 0 Å². The first kappa shape index (κ1) is 14.2. The lowest BCUT2D eigenvalue weighted by atomic mass is 10.2. The predicted octanol–water partition coefficient (Wildman–Crippen LogP) is 3.57. The topological polar surface area (TPSA) is 64.3 Å². The summed E-state index contributed by atoms with van der Waals surface area (Å²) in [7, 11) is 0. The average Bonchev–Trinajstić information content (AvgIpc) is 2.44. The number of nitrogens with two attached hydrogens (primary N) is 1. The number of rotatable bonds is 4. The van der Waals surface area contributed by atoms with Gasteiger partial charge in [-0.25, -0.2) is 0 Å². The summed E-state index contributed by atoms with van der Waals surface area (Å²) in [5, 5.41) is 3.17. The minimum absolute atomic E-state index is 0.249. The van der Waals surface area contributed by atoms with Gasteiger partial charge in [-0.05, 0) is 49.4 Å². The van der Waals surface area contributed by atoms with E-state index >= 15 is 0 Å². The molecule has 4 nitrogen and oxygen atoms in total. The van der Waals surface area contributed by atoms with Gasteiger partial charge in [0.25, 0.3) is 5.91 Å². The summed E-state index contributed by atoms with van der Waals surface area (Å²) in [6.45, 7) is 2.49. The number of amides is 1. The van der Waals surface area contributed by atoms with Crippen molar-refractivity contribution >= 4 is 28.9 Å². The second kappa shape index (κ2) is 6.30. The summed E-state index contributed by atoms with van der Waals surface area (Å²) in [6.07, 6.45) is 0. The Balaban J connectivity index is 2.13. The Morgan fingerprint density at radius 2 is 1.95 bits per heavy atom. The van der Waals surface area contributed by atoms with Gasteiger partial charge < -0.3 is 15.8 Å². The van der Waals surface area contributed by atoms with Crippen LogP contribution < -0.4 is 15.8 Å². The van der Waals surface area contributed by atoms with Gasteiger partial charge in [-0.15, -0.1) is 0 Å². The quantitative estimate of drug-likeness (QED) is 0.846. The highest BCUT2D eigenvalue weighted by Gasteiger charge is 2.09. The van der Waals surface area contributed by atoms with E-state index in [9.17, 15) is 4.79 Å². The lowest BCUT2D eigenvalue weighted by molar-refractivity contribution is 0.102. The molecule has 5 heteroatoms. The minimum Gasteiger partial charge on any atom is -0.494 e. The summed E-state index contributed by atoms with van der Waals surface area (Å²) in [5.41, 5.74) is 7.22. The number of hydrogen-bond acceptors (Lipinski definition) is 3. The Labute approximate surface area is 122 Å². The molecule has 0 aliphatic carbocycles. The van der Waals surface area contributed by atoms with Crippen LogP contribution in [0.25, 0.3) is 0 Å². The van der Waals surface area contributed by atoms with Gasteiger partial charge in [0.15, 0.2) is 0 Å². The Morgan fingerprint density at radius 3 is 2.60 bits per heavy atom. The zero-order valence-electron chi connectivity index (χ0n) is 11.0. The van der Waals surface area contributed by atoms with Gasteiger partial charge in [0.2, 0.25) is 0 Å². The first-order chi connectivity index (χ1) is 9.60. The maximum Gasteiger partial charge on any atom is 0.255 e. The highest BCUT2D eigenvalue weighted by molar-refractivity contribution is 6.34. The highest BCUT2D eigenvalue weighted by atomic mass is 35.5. The average molecular weight is 291 g/mol. The van der Waals surface area contributed by atoms with E-state index < -0.39 is 0 Å². The van der Waals surface area contributed by atoms with E-state index in [2.05, 4.69) is 5.32 Å². The van der Waals surface area contributed by atoms with Crippen LogP contribution in [0, 0.1) is 0 Å². The Kier molecular flexibility index (Phi) is 4.48. The highest BCUT2D eigenvalue weighted by Crippen LogP contribution is 2.24. The van der Waals surface area contributed by atoms with Crippen LogP contribution >= 0.6 is 11.6 Å². The number of nitrogens with one attached hydrogen (secondary N) is 1. The number of hydrogen-bond donors (Lipinski definition) is 2. The van der Waals surface area contributed by atoms with E-state index in [1.54, 1.807) is 42.5 Å². The molecule has 0 aliphatic heterocycles. The number of anilines is 2. The molecule has 1 amide bonds. The molecule has 2 aromatic carbocycles. The second-order valence-corrected chi connectivity index (χ2v) is 4.56. The van der Waals surface area contributed by atoms with Crippen LogP contribution in [0.2, 0.25) is 5.02 Å². The third-order valence-corrected chi connectivity index (χ3v) is 3.00. The molecule has 0 atom stereocenters. The van der Waals surface area contributed by atoms with Crippen molar-refractivity contribution in [2.24, 2.45) is 0 Å². The smallest absolute Gasteiger partial charge is 0.255 e. The normalized spacial score (nSPS) is 10.1. The van der Waals surface area contributed by atoms with Crippen LogP contribution in [-0.2, 0) is 0 Å². The summed E-state index contributed by atoms with van der Waals surface area (Å²) in [6, 6.07) is 11.8. The van der Waals surface area contributed by atoms with Crippen LogP contribution in [0.3, 0.4) is 0 Å². The molecule has 0 spiro atoms. The van der Waals surface area contributed by atoms with E-state index in [0.717, 1.165) is 5.75 Å². The van der Waals surface area contributed by atoms with Crippen molar-refractivity contribution in [3.63, 3.8) is 0 Å². The van der Waals surface area contributed by atoms with Crippen molar-refractivity contribution in [2.75, 3.05) is 17.7 Å². The zero-order valence-corrected chi connectivity index (χ0v) is 11.8. The van der Waals surface area contributed by atoms with Crippen molar-refractivity contribution in [1.82, 2.24) is 0 Å². The molecule has 0 saturated heterocycles. The van der Waals surface area contributed by atoms with Crippen LogP contribution in [0.1, 0.15) is 17.3 Å². The van der Waals surface area contributed by atoms with Crippen LogP contribution in [0.4, 0.5) is 11.4 Å². The molecule has 0 unspecified atom stereocenters. The lowest BCUT2D eigenvalue weighted by Gasteiger charge is -2.09. The monoisotopic (exact) mass is 290 g/mol. The van der Waals surface area contributed by atoms with Gasteiger partial charge in [-0.3, -0.25) is 4.79 Å². The third-order valence-electron chi connectivity index (χ3n) is 2.67. The van der Waals surface area contributed by atoms with E-state index in [4.69, 9.17) is 22.1 Å². The zero-order chi connectivity index (χ0) is 14.5. The minimum atomic E-state index is -0.249. The van der Waals surface area contributed by atoms with Crippen LogP contribution in [0.15, 0.2) is 42.5 Å². The molecular formula is C15H15ClN2O2. The maximum atomic E-state index is 12.1. The molecule has 0 saturated carbocycles. The Hall–Kier alpha value is -2.20. The number of benzene rings is 2. The van der Waals surface area contributed by atoms with Gasteiger partial charge in [-0.2, -0.15) is 0 Å². The fraction of sp³-hybridized carbons (Fsp3) is 0.133. The summed E-state index contributed by atoms with van der Waals surface area (Å²) < 4.78 is 5.32. The van der Waals surface area contributed by atoms with Crippen LogP contribution in [-0.4, -0.2) is 12.5 Å². The SMILES string of the molecule is CCOc1ccc(C(=O)Nc2cc(N)ccc2Cl)cc1. The van der Waals surface area contributed by atoms with Crippen molar-refractivity contribution < 1.29 is 9.53 Å². The predicted molar refractivity (Wildman–Crippen MR) is 81.4 cm³/mol. The summed E-state index contributed by atoms with van der Waals surface area (Å²) >= 11 is 6.00. The van der Waals surface area contributed by atoms with Gasteiger partial charge in [0, 0.05) is 11.3 Å². The molecule has 0 bridgehead atoms. The molecule has 20 heavy (non-hydrogen) atoms. The standard InChI is InChI=1S/C15H15ClN2O2/c1-2-20-12-6-3-10(4-7-12)15(19)18-14-9-11(17)5-8-13(14)16/h3-9H,2,17H2,1H3,(H,18,19). The maximum absolute atomic E-state index is 12.1. The molecule has 0 aromatic heterocycles. The molecular weight excluding hydrogens is 276 g/mol.